The number of furan rings is 1. The molecule has 1 atom stereocenters. The average Bonchev–Trinajstić information content (AvgIpc) is 2.76. The van der Waals surface area contributed by atoms with Gasteiger partial charge in [-0.1, -0.05) is 11.6 Å². The highest BCUT2D eigenvalue weighted by atomic mass is 35.5. The van der Waals surface area contributed by atoms with E-state index in [9.17, 15) is 0 Å². The summed E-state index contributed by atoms with van der Waals surface area (Å²) in [5.41, 5.74) is 3.25. The first-order chi connectivity index (χ1) is 8.47. The van der Waals surface area contributed by atoms with Gasteiger partial charge in [-0.25, -0.2) is 0 Å². The molecule has 18 heavy (non-hydrogen) atoms. The van der Waals surface area contributed by atoms with Crippen molar-refractivity contribution in [1.82, 2.24) is 15.1 Å². The molecule has 0 saturated carbocycles. The standard InChI is InChI=1S/C13H18ClN3O/c1-7-8(2)18-9(3)11(7)12(15-4)13-10(14)6-16-17(13)5/h6,12,15H,1-5H3. The Kier molecular flexibility index (Phi) is 3.50. The van der Waals surface area contributed by atoms with Crippen LogP contribution in [-0.2, 0) is 7.05 Å². The van der Waals surface area contributed by atoms with Crippen molar-refractivity contribution >= 4 is 11.6 Å². The second-order valence-electron chi connectivity index (χ2n) is 4.48. The van der Waals surface area contributed by atoms with Crippen LogP contribution in [0.25, 0.3) is 0 Å². The number of aromatic nitrogens is 2. The van der Waals surface area contributed by atoms with Gasteiger partial charge < -0.3 is 9.73 Å². The van der Waals surface area contributed by atoms with Gasteiger partial charge in [0.15, 0.2) is 0 Å². The molecule has 0 saturated heterocycles. The lowest BCUT2D eigenvalue weighted by Gasteiger charge is -2.18. The van der Waals surface area contributed by atoms with E-state index in [0.29, 0.717) is 5.02 Å². The number of nitrogens with zero attached hydrogens (tertiary/aromatic N) is 2. The molecular formula is C13H18ClN3O. The minimum atomic E-state index is -0.0116. The molecule has 98 valence electrons. The van der Waals surface area contributed by atoms with Crippen molar-refractivity contribution in [3.05, 3.63) is 39.6 Å². The molecule has 4 nitrogen and oxygen atoms in total. The van der Waals surface area contributed by atoms with Crippen LogP contribution in [0.15, 0.2) is 10.6 Å². The van der Waals surface area contributed by atoms with Crippen molar-refractivity contribution in [1.29, 1.82) is 0 Å². The largest absolute Gasteiger partial charge is 0.466 e. The Morgan fingerprint density at radius 1 is 1.33 bits per heavy atom. The maximum absolute atomic E-state index is 6.23. The molecule has 0 aliphatic rings. The Balaban J connectivity index is 2.59. The molecule has 0 radical (unpaired) electrons. The van der Waals surface area contributed by atoms with Crippen LogP contribution in [0.5, 0.6) is 0 Å². The van der Waals surface area contributed by atoms with Crippen molar-refractivity contribution in [3.63, 3.8) is 0 Å². The molecule has 2 rings (SSSR count). The van der Waals surface area contributed by atoms with Gasteiger partial charge in [0, 0.05) is 12.6 Å². The number of nitrogens with one attached hydrogen (secondary N) is 1. The van der Waals surface area contributed by atoms with E-state index in [1.54, 1.807) is 10.9 Å². The summed E-state index contributed by atoms with van der Waals surface area (Å²) in [4.78, 5) is 0. The van der Waals surface area contributed by atoms with Crippen LogP contribution in [0.1, 0.15) is 34.4 Å². The zero-order valence-corrected chi connectivity index (χ0v) is 12.1. The van der Waals surface area contributed by atoms with Gasteiger partial charge in [0.05, 0.1) is 23.0 Å². The first-order valence-corrected chi connectivity index (χ1v) is 6.26. The van der Waals surface area contributed by atoms with Crippen LogP contribution in [-0.4, -0.2) is 16.8 Å². The van der Waals surface area contributed by atoms with E-state index >= 15 is 0 Å². The molecule has 2 heterocycles. The summed E-state index contributed by atoms with van der Waals surface area (Å²) in [6, 6.07) is -0.0116. The van der Waals surface area contributed by atoms with E-state index < -0.39 is 0 Å². The number of hydrogen-bond donors (Lipinski definition) is 1. The Hall–Kier alpha value is -1.26. The second kappa shape index (κ2) is 4.78. The Morgan fingerprint density at radius 2 is 2.00 bits per heavy atom. The van der Waals surface area contributed by atoms with Crippen LogP contribution in [0.4, 0.5) is 0 Å². The van der Waals surface area contributed by atoms with E-state index in [2.05, 4.69) is 17.3 Å². The highest BCUT2D eigenvalue weighted by molar-refractivity contribution is 6.31. The van der Waals surface area contributed by atoms with Crippen LogP contribution < -0.4 is 5.32 Å². The molecule has 2 aromatic rings. The first kappa shape index (κ1) is 13.2. The monoisotopic (exact) mass is 267 g/mol. The predicted molar refractivity (Wildman–Crippen MR) is 72.0 cm³/mol. The fraction of sp³-hybridized carbons (Fsp3) is 0.462. The molecule has 1 N–H and O–H groups in total. The number of halogens is 1. The van der Waals surface area contributed by atoms with Crippen molar-refractivity contribution in [2.24, 2.45) is 7.05 Å². The molecule has 0 amide bonds. The highest BCUT2D eigenvalue weighted by Crippen LogP contribution is 2.33. The molecular weight excluding hydrogens is 250 g/mol. The maximum atomic E-state index is 6.23. The first-order valence-electron chi connectivity index (χ1n) is 5.88. The Labute approximate surface area is 112 Å². The van der Waals surface area contributed by atoms with Gasteiger partial charge >= 0.3 is 0 Å². The molecule has 0 aliphatic heterocycles. The second-order valence-corrected chi connectivity index (χ2v) is 4.88. The molecule has 5 heteroatoms. The van der Waals surface area contributed by atoms with Crippen molar-refractivity contribution in [3.8, 4) is 0 Å². The normalized spacial score (nSPS) is 13.0. The topological polar surface area (TPSA) is 43.0 Å². The lowest BCUT2D eigenvalue weighted by Crippen LogP contribution is -2.22. The van der Waals surface area contributed by atoms with Gasteiger partial charge in [-0.3, -0.25) is 4.68 Å². The smallest absolute Gasteiger partial charge is 0.106 e. The highest BCUT2D eigenvalue weighted by Gasteiger charge is 2.25. The van der Waals surface area contributed by atoms with E-state index in [1.165, 1.54) is 0 Å². The van der Waals surface area contributed by atoms with Gasteiger partial charge in [-0.15, -0.1) is 0 Å². The molecule has 0 fully saturated rings. The molecule has 0 aliphatic carbocycles. The predicted octanol–water partition coefficient (Wildman–Crippen LogP) is 2.90. The minimum absolute atomic E-state index is 0.0116. The molecule has 0 spiro atoms. The third-order valence-corrected chi connectivity index (χ3v) is 3.70. The molecule has 1 unspecified atom stereocenters. The summed E-state index contributed by atoms with van der Waals surface area (Å²) in [5, 5.41) is 8.14. The van der Waals surface area contributed by atoms with Crippen LogP contribution >= 0.6 is 11.6 Å². The quantitative estimate of drug-likeness (QED) is 0.930. The third-order valence-electron chi connectivity index (χ3n) is 3.41. The van der Waals surface area contributed by atoms with E-state index in [1.807, 2.05) is 27.9 Å². The van der Waals surface area contributed by atoms with Crippen molar-refractivity contribution in [2.75, 3.05) is 7.05 Å². The number of aryl methyl sites for hydroxylation is 3. The number of hydrogen-bond acceptors (Lipinski definition) is 3. The van der Waals surface area contributed by atoms with Crippen LogP contribution in [0.2, 0.25) is 5.02 Å². The Bertz CT molecular complexity index is 552. The van der Waals surface area contributed by atoms with Crippen molar-refractivity contribution < 1.29 is 4.42 Å². The maximum Gasteiger partial charge on any atom is 0.106 e. The summed E-state index contributed by atoms with van der Waals surface area (Å²) < 4.78 is 7.49. The zero-order chi connectivity index (χ0) is 13.4. The lowest BCUT2D eigenvalue weighted by atomic mass is 9.99. The minimum Gasteiger partial charge on any atom is -0.466 e. The van der Waals surface area contributed by atoms with Gasteiger partial charge in [-0.2, -0.15) is 5.10 Å². The molecule has 2 aromatic heterocycles. The van der Waals surface area contributed by atoms with Crippen LogP contribution in [0.3, 0.4) is 0 Å². The van der Waals surface area contributed by atoms with Gasteiger partial charge in [0.1, 0.15) is 11.5 Å². The van der Waals surface area contributed by atoms with E-state index in [-0.39, 0.29) is 6.04 Å². The molecule has 0 aromatic carbocycles. The Morgan fingerprint density at radius 3 is 2.39 bits per heavy atom. The third kappa shape index (κ3) is 1.95. The van der Waals surface area contributed by atoms with Gasteiger partial charge in [0.2, 0.25) is 0 Å². The zero-order valence-electron chi connectivity index (χ0n) is 11.3. The van der Waals surface area contributed by atoms with E-state index in [0.717, 1.165) is 28.3 Å². The lowest BCUT2D eigenvalue weighted by molar-refractivity contribution is 0.493. The SMILES string of the molecule is CNC(c1c(C)oc(C)c1C)c1c(Cl)cnn1C. The van der Waals surface area contributed by atoms with Crippen molar-refractivity contribution in [2.45, 2.75) is 26.8 Å². The van der Waals surface area contributed by atoms with Crippen LogP contribution in [0, 0.1) is 20.8 Å². The molecule has 0 bridgehead atoms. The summed E-state index contributed by atoms with van der Waals surface area (Å²) >= 11 is 6.23. The average molecular weight is 268 g/mol. The number of rotatable bonds is 3. The van der Waals surface area contributed by atoms with Gasteiger partial charge in [-0.05, 0) is 33.4 Å². The fourth-order valence-corrected chi connectivity index (χ4v) is 2.67. The van der Waals surface area contributed by atoms with E-state index in [4.69, 9.17) is 16.0 Å². The summed E-state index contributed by atoms with van der Waals surface area (Å²) in [7, 11) is 3.80. The fourth-order valence-electron chi connectivity index (χ4n) is 2.40. The summed E-state index contributed by atoms with van der Waals surface area (Å²) in [5.74, 6) is 1.86. The summed E-state index contributed by atoms with van der Waals surface area (Å²) in [6.45, 7) is 6.02. The summed E-state index contributed by atoms with van der Waals surface area (Å²) in [6.07, 6.45) is 1.67. The van der Waals surface area contributed by atoms with Gasteiger partial charge in [0.25, 0.3) is 0 Å².